The maximum absolute atomic E-state index is 11.9. The summed E-state index contributed by atoms with van der Waals surface area (Å²) >= 11 is 0. The van der Waals surface area contributed by atoms with Gasteiger partial charge in [0.15, 0.2) is 0 Å². The molecule has 0 radical (unpaired) electrons. The van der Waals surface area contributed by atoms with Gasteiger partial charge in [-0.25, -0.2) is 0 Å². The van der Waals surface area contributed by atoms with Gasteiger partial charge < -0.3 is 20.2 Å². The average Bonchev–Trinajstić information content (AvgIpc) is 3.16. The average molecular weight is 380 g/mol. The number of nitrogens with one attached hydrogen (secondary N) is 2. The normalized spacial score (nSPS) is 22.1. The first-order valence-electron chi connectivity index (χ1n) is 10.4. The minimum atomic E-state index is -0.198. The monoisotopic (exact) mass is 379 g/mol. The smallest absolute Gasteiger partial charge is 0.128 e. The molecule has 148 valence electrons. The van der Waals surface area contributed by atoms with Gasteiger partial charge in [0.2, 0.25) is 0 Å². The lowest BCUT2D eigenvalue weighted by molar-refractivity contribution is -0.109. The summed E-state index contributed by atoms with van der Waals surface area (Å²) in [5.41, 5.74) is 3.22. The second kappa shape index (κ2) is 9.20. The van der Waals surface area contributed by atoms with Crippen LogP contribution in [0.25, 0.3) is 0 Å². The number of carbonyl (C=O) groups is 1. The van der Waals surface area contributed by atoms with Crippen LogP contribution in [0.1, 0.15) is 48.6 Å². The van der Waals surface area contributed by atoms with E-state index >= 15 is 0 Å². The molecule has 2 aromatic rings. The third kappa shape index (κ3) is 4.36. The van der Waals surface area contributed by atoms with Gasteiger partial charge in [0, 0.05) is 36.5 Å². The molecule has 0 aliphatic carbocycles. The fourth-order valence-corrected chi connectivity index (χ4v) is 4.46. The molecule has 3 atom stereocenters. The third-order valence-corrected chi connectivity index (χ3v) is 6.01. The first-order valence-corrected chi connectivity index (χ1v) is 10.4. The van der Waals surface area contributed by atoms with E-state index in [1.165, 1.54) is 19.3 Å². The molecule has 0 saturated carbocycles. The van der Waals surface area contributed by atoms with Crippen molar-refractivity contribution in [2.24, 2.45) is 5.92 Å². The van der Waals surface area contributed by atoms with Crippen molar-refractivity contribution >= 4 is 12.0 Å². The van der Waals surface area contributed by atoms with Gasteiger partial charge in [0.05, 0.1) is 6.61 Å². The van der Waals surface area contributed by atoms with Crippen molar-refractivity contribution in [3.63, 3.8) is 0 Å². The Labute approximate surface area is 166 Å². The first-order chi connectivity index (χ1) is 13.8. The lowest BCUT2D eigenvalue weighted by Crippen LogP contribution is -2.29. The highest BCUT2D eigenvalue weighted by Crippen LogP contribution is 2.41. The Hall–Kier alpha value is -2.40. The summed E-state index contributed by atoms with van der Waals surface area (Å²) in [4.78, 5) is 16.0. The summed E-state index contributed by atoms with van der Waals surface area (Å²) in [6.07, 6.45) is 9.50. The molecular weight excluding hydrogens is 350 g/mol. The van der Waals surface area contributed by atoms with Crippen LogP contribution in [0, 0.1) is 5.92 Å². The number of carbonyl (C=O) groups excluding carboxylic acids is 1. The van der Waals surface area contributed by atoms with Gasteiger partial charge in [-0.05, 0) is 80.1 Å². The highest BCUT2D eigenvalue weighted by atomic mass is 16.5. The van der Waals surface area contributed by atoms with Crippen molar-refractivity contribution < 1.29 is 9.53 Å². The third-order valence-electron chi connectivity index (χ3n) is 6.01. The molecule has 3 heterocycles. The van der Waals surface area contributed by atoms with E-state index in [0.717, 1.165) is 67.4 Å². The number of hydrogen-bond acceptors (Lipinski definition) is 5. The van der Waals surface area contributed by atoms with Crippen LogP contribution in [0.4, 0.5) is 5.69 Å². The molecule has 28 heavy (non-hydrogen) atoms. The Morgan fingerprint density at radius 3 is 3.04 bits per heavy atom. The van der Waals surface area contributed by atoms with Crippen molar-refractivity contribution in [2.75, 3.05) is 31.6 Å². The molecule has 1 aromatic carbocycles. The number of nitrogens with zero attached hydrogens (tertiary/aromatic N) is 1. The van der Waals surface area contributed by atoms with Crippen LogP contribution in [0.3, 0.4) is 0 Å². The number of fused-ring (bicyclic) bond motifs is 1. The standard InChI is InChI=1S/C23H29N3O2/c27-16-22(18-6-2-10-25-14-18)21-15-26-23-8-7-19(12-20(21)23)28-11-3-5-17-4-1-9-24-13-17/h2,6-8,10,12,14,16-17,21-22,24,26H,1,3-5,9,11,13,15H2. The van der Waals surface area contributed by atoms with Gasteiger partial charge in [0.1, 0.15) is 12.0 Å². The zero-order chi connectivity index (χ0) is 19.2. The maximum atomic E-state index is 11.9. The Morgan fingerprint density at radius 1 is 1.29 bits per heavy atom. The molecule has 0 spiro atoms. The van der Waals surface area contributed by atoms with Crippen LogP contribution in [0.15, 0.2) is 42.7 Å². The lowest BCUT2D eigenvalue weighted by Gasteiger charge is -2.22. The summed E-state index contributed by atoms with van der Waals surface area (Å²) in [7, 11) is 0. The van der Waals surface area contributed by atoms with Gasteiger partial charge in [0.25, 0.3) is 0 Å². The number of benzene rings is 1. The Morgan fingerprint density at radius 2 is 2.25 bits per heavy atom. The summed E-state index contributed by atoms with van der Waals surface area (Å²) < 4.78 is 6.04. The van der Waals surface area contributed by atoms with E-state index in [2.05, 4.69) is 27.8 Å². The topological polar surface area (TPSA) is 63.2 Å². The minimum Gasteiger partial charge on any atom is -0.494 e. The number of aldehydes is 1. The summed E-state index contributed by atoms with van der Waals surface area (Å²) in [6, 6.07) is 10.1. The number of hydrogen-bond donors (Lipinski definition) is 2. The van der Waals surface area contributed by atoms with Crippen LogP contribution in [0.5, 0.6) is 5.75 Å². The summed E-state index contributed by atoms with van der Waals surface area (Å²) in [5.74, 6) is 1.59. The Balaban J connectivity index is 1.38. The fourth-order valence-electron chi connectivity index (χ4n) is 4.46. The highest BCUT2D eigenvalue weighted by Gasteiger charge is 2.31. The number of rotatable bonds is 8. The Bertz CT molecular complexity index is 775. The quantitative estimate of drug-likeness (QED) is 0.540. The largest absolute Gasteiger partial charge is 0.494 e. The molecule has 3 unspecified atom stereocenters. The van der Waals surface area contributed by atoms with Crippen LogP contribution >= 0.6 is 0 Å². The maximum Gasteiger partial charge on any atom is 0.128 e. The van der Waals surface area contributed by atoms with Gasteiger partial charge in [-0.15, -0.1) is 0 Å². The van der Waals surface area contributed by atoms with Crippen molar-refractivity contribution in [2.45, 2.75) is 37.5 Å². The highest BCUT2D eigenvalue weighted by molar-refractivity contribution is 5.69. The zero-order valence-corrected chi connectivity index (χ0v) is 16.3. The van der Waals surface area contributed by atoms with E-state index in [1.54, 1.807) is 12.4 Å². The molecule has 1 saturated heterocycles. The molecule has 4 rings (SSSR count). The molecule has 5 heteroatoms. The van der Waals surface area contributed by atoms with Crippen LogP contribution in [0.2, 0.25) is 0 Å². The molecule has 2 N–H and O–H groups in total. The first kappa shape index (κ1) is 18.9. The molecule has 0 amide bonds. The molecule has 1 fully saturated rings. The van der Waals surface area contributed by atoms with E-state index in [-0.39, 0.29) is 11.8 Å². The number of anilines is 1. The fraction of sp³-hybridized carbons (Fsp3) is 0.478. The molecule has 2 aliphatic rings. The predicted molar refractivity (Wildman–Crippen MR) is 111 cm³/mol. The molecule has 5 nitrogen and oxygen atoms in total. The van der Waals surface area contributed by atoms with Crippen molar-refractivity contribution in [1.82, 2.24) is 10.3 Å². The van der Waals surface area contributed by atoms with Gasteiger partial charge in [-0.2, -0.15) is 0 Å². The van der Waals surface area contributed by atoms with Crippen LogP contribution < -0.4 is 15.4 Å². The second-order valence-electron chi connectivity index (χ2n) is 7.89. The van der Waals surface area contributed by atoms with Crippen molar-refractivity contribution in [3.8, 4) is 5.75 Å². The number of pyridine rings is 1. The number of ether oxygens (including phenoxy) is 1. The number of piperidine rings is 1. The lowest BCUT2D eigenvalue weighted by atomic mass is 9.84. The minimum absolute atomic E-state index is 0.105. The van der Waals surface area contributed by atoms with Crippen LogP contribution in [-0.4, -0.2) is 37.5 Å². The van der Waals surface area contributed by atoms with Gasteiger partial charge in [-0.3, -0.25) is 4.98 Å². The molecular formula is C23H29N3O2. The predicted octanol–water partition coefficient (Wildman–Crippen LogP) is 3.73. The van der Waals surface area contributed by atoms with E-state index in [9.17, 15) is 4.79 Å². The van der Waals surface area contributed by atoms with Gasteiger partial charge >= 0.3 is 0 Å². The van der Waals surface area contributed by atoms with E-state index in [4.69, 9.17) is 4.74 Å². The zero-order valence-electron chi connectivity index (χ0n) is 16.3. The van der Waals surface area contributed by atoms with Gasteiger partial charge in [-0.1, -0.05) is 6.07 Å². The van der Waals surface area contributed by atoms with Crippen molar-refractivity contribution in [1.29, 1.82) is 0 Å². The molecule has 1 aromatic heterocycles. The molecule has 0 bridgehead atoms. The van der Waals surface area contributed by atoms with Crippen LogP contribution in [-0.2, 0) is 4.79 Å². The Kier molecular flexibility index (Phi) is 6.22. The van der Waals surface area contributed by atoms with E-state index in [1.807, 2.05) is 18.2 Å². The van der Waals surface area contributed by atoms with Crippen molar-refractivity contribution in [3.05, 3.63) is 53.9 Å². The summed E-state index contributed by atoms with van der Waals surface area (Å²) in [5, 5.41) is 6.91. The van der Waals surface area contributed by atoms with E-state index < -0.39 is 0 Å². The molecule has 2 aliphatic heterocycles. The summed E-state index contributed by atoms with van der Waals surface area (Å²) in [6.45, 7) is 3.81. The number of aromatic nitrogens is 1. The SMILES string of the molecule is O=CC(c1cccnc1)C1CNc2ccc(OCCCC3CCCNC3)cc21. The second-order valence-corrected chi connectivity index (χ2v) is 7.89. The van der Waals surface area contributed by atoms with E-state index in [0.29, 0.717) is 0 Å².